The highest BCUT2D eigenvalue weighted by atomic mass is 32.1. The Morgan fingerprint density at radius 3 is 2.44 bits per heavy atom. The second kappa shape index (κ2) is 7.79. The number of nitrogens with zero attached hydrogens (tertiary/aromatic N) is 1. The fraction of sp³-hybridized carbons (Fsp3) is 0.133. The summed E-state index contributed by atoms with van der Waals surface area (Å²) in [5.41, 5.74) is 3.96. The minimum absolute atomic E-state index is 0.137. The van der Waals surface area contributed by atoms with Crippen LogP contribution in [0.2, 0.25) is 0 Å². The Bertz CT molecular complexity index is 769. The van der Waals surface area contributed by atoms with Gasteiger partial charge in [-0.1, -0.05) is 30.3 Å². The van der Waals surface area contributed by atoms with Crippen molar-refractivity contribution in [2.24, 2.45) is 0 Å². The van der Waals surface area contributed by atoms with E-state index in [0.717, 1.165) is 17.7 Å². The Morgan fingerprint density at radius 1 is 1.16 bits per heavy atom. The lowest BCUT2D eigenvalue weighted by Gasteiger charge is -2.14. The molecule has 0 fully saturated rings. The molecule has 132 valence electrons. The van der Waals surface area contributed by atoms with Gasteiger partial charge in [0.2, 0.25) is 0 Å². The van der Waals surface area contributed by atoms with Gasteiger partial charge in [-0.05, 0) is 29.9 Å². The second-order valence-electron chi connectivity index (χ2n) is 4.91. The van der Waals surface area contributed by atoms with E-state index in [1.54, 1.807) is 0 Å². The predicted octanol–water partition coefficient (Wildman–Crippen LogP) is 3.60. The summed E-state index contributed by atoms with van der Waals surface area (Å²) < 4.78 is 37.9. The van der Waals surface area contributed by atoms with E-state index in [1.165, 1.54) is 0 Å². The molecule has 0 aliphatic carbocycles. The number of alkyl halides is 3. The average Bonchev–Trinajstić information content (AvgIpc) is 2.58. The van der Waals surface area contributed by atoms with Crippen molar-refractivity contribution < 1.29 is 18.1 Å². The first-order valence-electron chi connectivity index (χ1n) is 6.97. The van der Waals surface area contributed by atoms with Crippen molar-refractivity contribution in [1.82, 2.24) is 10.7 Å². The Morgan fingerprint density at radius 2 is 1.84 bits per heavy atom. The monoisotopic (exact) mass is 370 g/mol. The van der Waals surface area contributed by atoms with Crippen LogP contribution >= 0.6 is 12.2 Å². The molecule has 0 unspecified atom stereocenters. The zero-order valence-electron chi connectivity index (χ0n) is 12.6. The van der Waals surface area contributed by atoms with E-state index >= 15 is 0 Å². The maximum absolute atomic E-state index is 12.6. The number of hydrogen-bond donors (Lipinski definition) is 3. The summed E-state index contributed by atoms with van der Waals surface area (Å²) in [7, 11) is 0. The van der Waals surface area contributed by atoms with Gasteiger partial charge in [-0.3, -0.25) is 21.0 Å². The molecule has 0 bridgehead atoms. The molecular formula is C15H13F3N4O2S. The smallest absolute Gasteiger partial charge is 0.357 e. The van der Waals surface area contributed by atoms with Crippen LogP contribution in [0.3, 0.4) is 0 Å². The van der Waals surface area contributed by atoms with E-state index < -0.39 is 22.4 Å². The Labute approximate surface area is 146 Å². The highest BCUT2D eigenvalue weighted by Gasteiger charge is 2.33. The molecule has 3 N–H and O–H groups in total. The summed E-state index contributed by atoms with van der Waals surface area (Å²) in [4.78, 5) is 10.1. The molecule has 0 aliphatic rings. The molecule has 0 aromatic heterocycles. The molecule has 0 amide bonds. The molecule has 2 aromatic rings. The van der Waals surface area contributed by atoms with Crippen molar-refractivity contribution in [2.75, 3.05) is 5.43 Å². The van der Waals surface area contributed by atoms with Crippen LogP contribution in [0.5, 0.6) is 0 Å². The Kier molecular flexibility index (Phi) is 5.75. The number of anilines is 1. The SMILES string of the molecule is O=[N+]([O-])c1cc(C(F)(F)F)ccc1NNC(=S)NCc1ccccc1. The molecule has 0 radical (unpaired) electrons. The standard InChI is InChI=1S/C15H13F3N4O2S/c16-15(17,18)11-6-7-12(13(8-11)22(23)24)20-21-14(25)19-9-10-4-2-1-3-5-10/h1-8,20H,9H2,(H2,19,21,25). The van der Waals surface area contributed by atoms with E-state index in [1.807, 2.05) is 30.3 Å². The van der Waals surface area contributed by atoms with Gasteiger partial charge in [0.25, 0.3) is 5.69 Å². The third-order valence-corrected chi connectivity index (χ3v) is 3.37. The summed E-state index contributed by atoms with van der Waals surface area (Å²) in [5, 5.41) is 14.0. The summed E-state index contributed by atoms with van der Waals surface area (Å²) >= 11 is 5.01. The zero-order chi connectivity index (χ0) is 18.4. The molecule has 0 spiro atoms. The van der Waals surface area contributed by atoms with E-state index in [4.69, 9.17) is 12.2 Å². The maximum Gasteiger partial charge on any atom is 0.416 e. The van der Waals surface area contributed by atoms with Crippen molar-refractivity contribution >= 4 is 28.7 Å². The molecule has 0 heterocycles. The zero-order valence-corrected chi connectivity index (χ0v) is 13.4. The predicted molar refractivity (Wildman–Crippen MR) is 90.7 cm³/mol. The first-order chi connectivity index (χ1) is 11.8. The molecule has 10 heteroatoms. The number of hydrazine groups is 1. The Balaban J connectivity index is 1.99. The van der Waals surface area contributed by atoms with Crippen LogP contribution in [0.25, 0.3) is 0 Å². The number of nitro groups is 1. The summed E-state index contributed by atoms with van der Waals surface area (Å²) in [6, 6.07) is 11.5. The molecule has 6 nitrogen and oxygen atoms in total. The first kappa shape index (κ1) is 18.5. The van der Waals surface area contributed by atoms with Crippen molar-refractivity contribution in [3.63, 3.8) is 0 Å². The molecule has 25 heavy (non-hydrogen) atoms. The number of rotatable bonds is 5. The third kappa shape index (κ3) is 5.31. The van der Waals surface area contributed by atoms with Gasteiger partial charge >= 0.3 is 6.18 Å². The van der Waals surface area contributed by atoms with Crippen LogP contribution in [0.15, 0.2) is 48.5 Å². The number of benzene rings is 2. The largest absolute Gasteiger partial charge is 0.416 e. The van der Waals surface area contributed by atoms with Crippen LogP contribution in [0.1, 0.15) is 11.1 Å². The minimum Gasteiger partial charge on any atom is -0.357 e. The fourth-order valence-corrected chi connectivity index (χ4v) is 2.03. The summed E-state index contributed by atoms with van der Waals surface area (Å²) in [6.07, 6.45) is -4.66. The normalized spacial score (nSPS) is 10.8. The molecule has 2 aromatic carbocycles. The molecule has 0 atom stereocenters. The van der Waals surface area contributed by atoms with E-state index in [-0.39, 0.29) is 10.8 Å². The van der Waals surface area contributed by atoms with Gasteiger partial charge in [-0.15, -0.1) is 0 Å². The van der Waals surface area contributed by atoms with Gasteiger partial charge < -0.3 is 5.32 Å². The minimum atomic E-state index is -4.66. The highest BCUT2D eigenvalue weighted by Crippen LogP contribution is 2.34. The number of nitrogens with one attached hydrogen (secondary N) is 3. The number of halogens is 3. The summed E-state index contributed by atoms with van der Waals surface area (Å²) in [5.74, 6) is 0. The van der Waals surface area contributed by atoms with Gasteiger partial charge in [0.1, 0.15) is 5.69 Å². The fourth-order valence-electron chi connectivity index (χ4n) is 1.91. The average molecular weight is 370 g/mol. The van der Waals surface area contributed by atoms with E-state index in [0.29, 0.717) is 12.6 Å². The third-order valence-electron chi connectivity index (χ3n) is 3.13. The number of nitro benzene ring substituents is 1. The van der Waals surface area contributed by atoms with Gasteiger partial charge in [0.05, 0.1) is 10.5 Å². The van der Waals surface area contributed by atoms with Crippen LogP contribution in [0.4, 0.5) is 24.5 Å². The van der Waals surface area contributed by atoms with Crippen LogP contribution < -0.4 is 16.2 Å². The lowest BCUT2D eigenvalue weighted by Crippen LogP contribution is -2.38. The quantitative estimate of drug-likeness (QED) is 0.424. The molecule has 0 saturated heterocycles. The first-order valence-corrected chi connectivity index (χ1v) is 7.37. The number of thiocarbonyl (C=S) groups is 1. The molecule has 0 aliphatic heterocycles. The molecular weight excluding hydrogens is 357 g/mol. The topological polar surface area (TPSA) is 79.2 Å². The maximum atomic E-state index is 12.6. The van der Waals surface area contributed by atoms with Crippen molar-refractivity contribution in [3.8, 4) is 0 Å². The molecule has 2 rings (SSSR count). The van der Waals surface area contributed by atoms with Crippen molar-refractivity contribution in [1.29, 1.82) is 0 Å². The second-order valence-corrected chi connectivity index (χ2v) is 5.31. The van der Waals surface area contributed by atoms with E-state index in [2.05, 4.69) is 16.2 Å². The highest BCUT2D eigenvalue weighted by molar-refractivity contribution is 7.80. The lowest BCUT2D eigenvalue weighted by molar-refractivity contribution is -0.384. The Hall–Kier alpha value is -2.88. The van der Waals surface area contributed by atoms with Gasteiger partial charge in [0, 0.05) is 12.6 Å². The van der Waals surface area contributed by atoms with E-state index in [9.17, 15) is 23.3 Å². The van der Waals surface area contributed by atoms with Crippen molar-refractivity contribution in [2.45, 2.75) is 12.7 Å². The lowest BCUT2D eigenvalue weighted by atomic mass is 10.1. The van der Waals surface area contributed by atoms with Gasteiger partial charge in [-0.25, -0.2) is 0 Å². The van der Waals surface area contributed by atoms with Gasteiger partial charge in [0.15, 0.2) is 5.11 Å². The van der Waals surface area contributed by atoms with Gasteiger partial charge in [-0.2, -0.15) is 13.2 Å². The van der Waals surface area contributed by atoms with Crippen LogP contribution in [0, 0.1) is 10.1 Å². The summed E-state index contributed by atoms with van der Waals surface area (Å²) in [6.45, 7) is 0.420. The number of hydrogen-bond acceptors (Lipinski definition) is 4. The van der Waals surface area contributed by atoms with Crippen LogP contribution in [-0.2, 0) is 12.7 Å². The molecule has 0 saturated carbocycles. The van der Waals surface area contributed by atoms with Crippen molar-refractivity contribution in [3.05, 3.63) is 69.8 Å². The van der Waals surface area contributed by atoms with Crippen LogP contribution in [-0.4, -0.2) is 10.0 Å².